The fourth-order valence-electron chi connectivity index (χ4n) is 1.98. The van der Waals surface area contributed by atoms with Crippen LogP contribution in [0.2, 0.25) is 0 Å². The van der Waals surface area contributed by atoms with Gasteiger partial charge in [-0.25, -0.2) is 0 Å². The molecule has 0 radical (unpaired) electrons. The molecule has 4 nitrogen and oxygen atoms in total. The van der Waals surface area contributed by atoms with Crippen molar-refractivity contribution in [3.05, 3.63) is 0 Å². The van der Waals surface area contributed by atoms with Gasteiger partial charge in [0, 0.05) is 18.9 Å². The maximum absolute atomic E-state index is 5.49. The summed E-state index contributed by atoms with van der Waals surface area (Å²) in [7, 11) is 0. The Morgan fingerprint density at radius 2 is 1.93 bits per heavy atom. The van der Waals surface area contributed by atoms with Crippen LogP contribution in [-0.2, 0) is 18.9 Å². The second-order valence-electron chi connectivity index (χ2n) is 3.65. The van der Waals surface area contributed by atoms with Gasteiger partial charge in [0.15, 0.2) is 12.6 Å². The van der Waals surface area contributed by atoms with Crippen LogP contribution >= 0.6 is 0 Å². The molecule has 0 bridgehead atoms. The molecule has 0 saturated carbocycles. The molecule has 2 fully saturated rings. The van der Waals surface area contributed by atoms with Gasteiger partial charge in [0.1, 0.15) is 0 Å². The van der Waals surface area contributed by atoms with Crippen LogP contribution in [0.4, 0.5) is 0 Å². The largest absolute Gasteiger partial charge is 0.353 e. The van der Waals surface area contributed by atoms with Crippen LogP contribution in [0, 0.1) is 5.92 Å². The van der Waals surface area contributed by atoms with Crippen molar-refractivity contribution in [3.63, 3.8) is 0 Å². The monoisotopic (exact) mass is 202 g/mol. The van der Waals surface area contributed by atoms with E-state index in [0.29, 0.717) is 12.5 Å². The highest BCUT2D eigenvalue weighted by molar-refractivity contribution is 4.71. The van der Waals surface area contributed by atoms with Gasteiger partial charge in [0.2, 0.25) is 0 Å². The minimum atomic E-state index is -0.0634. The molecular formula is C10H18O4. The van der Waals surface area contributed by atoms with E-state index in [1.165, 1.54) is 0 Å². The summed E-state index contributed by atoms with van der Waals surface area (Å²) < 4.78 is 21.9. The van der Waals surface area contributed by atoms with Crippen LogP contribution in [0.25, 0.3) is 0 Å². The van der Waals surface area contributed by atoms with Crippen molar-refractivity contribution in [2.45, 2.75) is 32.3 Å². The zero-order chi connectivity index (χ0) is 9.80. The number of hydrogen-bond acceptors (Lipinski definition) is 4. The molecule has 0 aliphatic carbocycles. The molecular weight excluding hydrogens is 184 g/mol. The lowest BCUT2D eigenvalue weighted by molar-refractivity contribution is -0.201. The van der Waals surface area contributed by atoms with Gasteiger partial charge in [0.05, 0.1) is 19.8 Å². The lowest BCUT2D eigenvalue weighted by atomic mass is 9.99. The maximum Gasteiger partial charge on any atom is 0.160 e. The normalized spacial score (nSPS) is 34.9. The van der Waals surface area contributed by atoms with Crippen LogP contribution in [0.15, 0.2) is 0 Å². The Bertz CT molecular complexity index is 166. The van der Waals surface area contributed by atoms with Crippen molar-refractivity contribution < 1.29 is 18.9 Å². The minimum Gasteiger partial charge on any atom is -0.353 e. The van der Waals surface area contributed by atoms with E-state index in [2.05, 4.69) is 0 Å². The number of ether oxygens (including phenoxy) is 4. The van der Waals surface area contributed by atoms with E-state index < -0.39 is 0 Å². The highest BCUT2D eigenvalue weighted by Crippen LogP contribution is 2.28. The Balaban J connectivity index is 1.80. The van der Waals surface area contributed by atoms with E-state index in [1.54, 1.807) is 0 Å². The van der Waals surface area contributed by atoms with E-state index in [-0.39, 0.29) is 12.6 Å². The van der Waals surface area contributed by atoms with E-state index in [9.17, 15) is 0 Å². The van der Waals surface area contributed by atoms with E-state index in [4.69, 9.17) is 18.9 Å². The Labute approximate surface area is 84.5 Å². The van der Waals surface area contributed by atoms with E-state index in [0.717, 1.165) is 32.7 Å². The molecule has 82 valence electrons. The van der Waals surface area contributed by atoms with Crippen LogP contribution in [0.5, 0.6) is 0 Å². The van der Waals surface area contributed by atoms with Gasteiger partial charge in [0.25, 0.3) is 0 Å². The van der Waals surface area contributed by atoms with Crippen molar-refractivity contribution >= 4 is 0 Å². The lowest BCUT2D eigenvalue weighted by Gasteiger charge is -2.31. The summed E-state index contributed by atoms with van der Waals surface area (Å²) in [6.07, 6.45) is 1.81. The number of rotatable bonds is 3. The Morgan fingerprint density at radius 3 is 2.64 bits per heavy atom. The van der Waals surface area contributed by atoms with E-state index >= 15 is 0 Å². The average Bonchev–Trinajstić information content (AvgIpc) is 2.71. The molecule has 0 aromatic carbocycles. The van der Waals surface area contributed by atoms with Crippen LogP contribution < -0.4 is 0 Å². The summed E-state index contributed by atoms with van der Waals surface area (Å²) >= 11 is 0. The van der Waals surface area contributed by atoms with Gasteiger partial charge in [-0.2, -0.15) is 0 Å². The SMILES string of the molecule is CCOC1CC(C2OCCO2)CCO1. The molecule has 4 heteroatoms. The molecule has 2 aliphatic heterocycles. The minimum absolute atomic E-state index is 0.0261. The third-order valence-corrected chi connectivity index (χ3v) is 2.67. The fourth-order valence-corrected chi connectivity index (χ4v) is 1.98. The fraction of sp³-hybridized carbons (Fsp3) is 1.00. The quantitative estimate of drug-likeness (QED) is 0.688. The molecule has 2 rings (SSSR count). The highest BCUT2D eigenvalue weighted by Gasteiger charge is 2.32. The Hall–Kier alpha value is -0.160. The molecule has 2 aliphatic rings. The molecule has 2 saturated heterocycles. The van der Waals surface area contributed by atoms with Crippen LogP contribution in [0.3, 0.4) is 0 Å². The lowest BCUT2D eigenvalue weighted by Crippen LogP contribution is -2.34. The molecule has 14 heavy (non-hydrogen) atoms. The first-order chi connectivity index (χ1) is 6.90. The van der Waals surface area contributed by atoms with Crippen molar-refractivity contribution in [2.75, 3.05) is 26.4 Å². The van der Waals surface area contributed by atoms with Gasteiger partial charge < -0.3 is 18.9 Å². The average molecular weight is 202 g/mol. The van der Waals surface area contributed by atoms with E-state index in [1.807, 2.05) is 6.92 Å². The topological polar surface area (TPSA) is 36.9 Å². The highest BCUT2D eigenvalue weighted by atomic mass is 16.7. The summed E-state index contributed by atoms with van der Waals surface area (Å²) in [4.78, 5) is 0. The van der Waals surface area contributed by atoms with Crippen molar-refractivity contribution in [1.29, 1.82) is 0 Å². The summed E-state index contributed by atoms with van der Waals surface area (Å²) in [6.45, 7) is 4.88. The third-order valence-electron chi connectivity index (χ3n) is 2.67. The van der Waals surface area contributed by atoms with Gasteiger partial charge in [-0.15, -0.1) is 0 Å². The summed E-state index contributed by atoms with van der Waals surface area (Å²) in [6, 6.07) is 0. The zero-order valence-electron chi connectivity index (χ0n) is 8.61. The molecule has 0 N–H and O–H groups in total. The van der Waals surface area contributed by atoms with Crippen LogP contribution in [-0.4, -0.2) is 39.0 Å². The standard InChI is InChI=1S/C10H18O4/c1-2-11-9-7-8(3-4-12-9)10-13-5-6-14-10/h8-10H,2-7H2,1H3. The summed E-state index contributed by atoms with van der Waals surface area (Å²) in [5, 5.41) is 0. The third kappa shape index (κ3) is 2.45. The van der Waals surface area contributed by atoms with Crippen molar-refractivity contribution in [3.8, 4) is 0 Å². The van der Waals surface area contributed by atoms with Gasteiger partial charge in [-0.3, -0.25) is 0 Å². The van der Waals surface area contributed by atoms with Crippen molar-refractivity contribution in [1.82, 2.24) is 0 Å². The summed E-state index contributed by atoms with van der Waals surface area (Å²) in [5.74, 6) is 0.433. The number of hydrogen-bond donors (Lipinski definition) is 0. The Morgan fingerprint density at radius 1 is 1.14 bits per heavy atom. The molecule has 2 heterocycles. The van der Waals surface area contributed by atoms with Crippen LogP contribution in [0.1, 0.15) is 19.8 Å². The zero-order valence-corrected chi connectivity index (χ0v) is 8.61. The molecule has 0 aromatic rings. The first-order valence-electron chi connectivity index (χ1n) is 5.36. The van der Waals surface area contributed by atoms with Gasteiger partial charge >= 0.3 is 0 Å². The predicted molar refractivity (Wildman–Crippen MR) is 49.8 cm³/mol. The molecule has 0 amide bonds. The molecule has 2 atom stereocenters. The van der Waals surface area contributed by atoms with Gasteiger partial charge in [-0.05, 0) is 13.3 Å². The van der Waals surface area contributed by atoms with Gasteiger partial charge in [-0.1, -0.05) is 0 Å². The first kappa shape index (κ1) is 10.4. The molecule has 2 unspecified atom stereocenters. The first-order valence-corrected chi connectivity index (χ1v) is 5.36. The second-order valence-corrected chi connectivity index (χ2v) is 3.65. The molecule has 0 aromatic heterocycles. The maximum atomic E-state index is 5.49. The smallest absolute Gasteiger partial charge is 0.160 e. The Kier molecular flexibility index (Phi) is 3.75. The summed E-state index contributed by atoms with van der Waals surface area (Å²) in [5.41, 5.74) is 0. The predicted octanol–water partition coefficient (Wildman–Crippen LogP) is 1.15. The van der Waals surface area contributed by atoms with Crippen molar-refractivity contribution in [2.24, 2.45) is 5.92 Å². The second kappa shape index (κ2) is 5.07. The molecule has 0 spiro atoms.